The zero-order chi connectivity index (χ0) is 37.5. The molecule has 0 fully saturated rings. The average molecular weight is 820 g/mol. The van der Waals surface area contributed by atoms with Crippen LogP contribution < -0.4 is 0 Å². The van der Waals surface area contributed by atoms with Crippen molar-refractivity contribution in [3.63, 3.8) is 0 Å². The van der Waals surface area contributed by atoms with Gasteiger partial charge >= 0.3 is 41.9 Å². The predicted molar refractivity (Wildman–Crippen MR) is 232 cm³/mol. The summed E-state index contributed by atoms with van der Waals surface area (Å²) >= 11 is -1.79. The second-order valence-corrected chi connectivity index (χ2v) is 27.0. The van der Waals surface area contributed by atoms with Crippen molar-refractivity contribution in [2.45, 2.75) is 27.7 Å². The van der Waals surface area contributed by atoms with E-state index in [0.29, 0.717) is 0 Å². The van der Waals surface area contributed by atoms with E-state index in [1.807, 2.05) is 30.3 Å². The molecule has 0 amide bonds. The van der Waals surface area contributed by atoms with Gasteiger partial charge in [0.25, 0.3) is 0 Å². The van der Waals surface area contributed by atoms with Crippen molar-refractivity contribution >= 4 is 67.0 Å². The summed E-state index contributed by atoms with van der Waals surface area (Å²) in [5, 5.41) is 10.7. The molecule has 9 aromatic carbocycles. The van der Waals surface area contributed by atoms with Gasteiger partial charge in [-0.25, -0.2) is 0 Å². The number of fused-ring (bicyclic) bond motifs is 4. The Kier molecular flexibility index (Phi) is 12.9. The Morgan fingerprint density at radius 3 is 1.21 bits per heavy atom. The fourth-order valence-corrected chi connectivity index (χ4v) is 7.05. The molecule has 0 bridgehead atoms. The monoisotopic (exact) mass is 817 g/mol. The Hall–Kier alpha value is -4.17. The molecule has 0 N–H and O–H groups in total. The van der Waals surface area contributed by atoms with Gasteiger partial charge in [0, 0.05) is 0 Å². The molecule has 0 saturated carbocycles. The van der Waals surface area contributed by atoms with Gasteiger partial charge in [0.05, 0.1) is 0 Å². The fraction of sp³-hybridized carbons (Fsp3) is 0.0816. The van der Waals surface area contributed by atoms with E-state index in [-0.39, 0.29) is 0 Å². The second-order valence-electron chi connectivity index (χ2n) is 13.4. The summed E-state index contributed by atoms with van der Waals surface area (Å²) in [6.07, 6.45) is 0. The van der Waals surface area contributed by atoms with E-state index in [2.05, 4.69) is 175 Å². The predicted octanol–water partition coefficient (Wildman–Crippen LogP) is 14.9. The molecule has 0 spiro atoms. The van der Waals surface area contributed by atoms with Crippen LogP contribution >= 0.6 is 17.0 Å². The number of hydrogen-bond acceptors (Lipinski definition) is 0. The van der Waals surface area contributed by atoms with Gasteiger partial charge in [0.15, 0.2) is 0 Å². The third-order valence-corrected chi connectivity index (χ3v) is 9.50. The Bertz CT molecular complexity index is 2490. The van der Waals surface area contributed by atoms with Crippen LogP contribution in [0.3, 0.4) is 0 Å². The van der Waals surface area contributed by atoms with Crippen molar-refractivity contribution in [2.75, 3.05) is 0 Å². The third kappa shape index (κ3) is 9.32. The average Bonchev–Trinajstić information content (AvgIpc) is 3.76. The zero-order valence-electron chi connectivity index (χ0n) is 30.6. The van der Waals surface area contributed by atoms with Gasteiger partial charge in [0.2, 0.25) is 0 Å². The quantitative estimate of drug-likeness (QED) is 0.120. The molecule has 0 unspecified atom stereocenters. The van der Waals surface area contributed by atoms with Crippen LogP contribution in [-0.2, 0) is 18.0 Å². The second kappa shape index (κ2) is 17.8. The van der Waals surface area contributed by atoms with Gasteiger partial charge in [-0.3, -0.25) is 0 Å². The molecule has 9 rings (SSSR count). The van der Waals surface area contributed by atoms with Crippen molar-refractivity contribution in [3.05, 3.63) is 199 Å². The molecule has 262 valence electrons. The summed E-state index contributed by atoms with van der Waals surface area (Å²) in [6.45, 7) is 15.5. The summed E-state index contributed by atoms with van der Waals surface area (Å²) in [7, 11) is 10.3. The molecule has 0 nitrogen and oxygen atoms in total. The summed E-state index contributed by atoms with van der Waals surface area (Å²) < 4.78 is 0. The van der Waals surface area contributed by atoms with Crippen LogP contribution in [0.5, 0.6) is 0 Å². The first-order valence-electron chi connectivity index (χ1n) is 17.7. The Balaban J connectivity index is 0.000000142. The maximum absolute atomic E-state index is 5.15. The molecule has 0 atom stereocenters. The van der Waals surface area contributed by atoms with Gasteiger partial charge < -0.3 is 0 Å². The van der Waals surface area contributed by atoms with Crippen molar-refractivity contribution in [2.24, 2.45) is 0 Å². The number of rotatable bonds is 2. The molecule has 53 heavy (non-hydrogen) atoms. The first-order valence-corrected chi connectivity index (χ1v) is 28.2. The molecule has 0 aliphatic heterocycles. The van der Waals surface area contributed by atoms with Crippen molar-refractivity contribution in [3.8, 4) is 22.3 Å². The molecular weight excluding hydrogens is 779 g/mol. The first kappa shape index (κ1) is 38.6. The molecule has 9 aromatic rings. The molecular formula is C49H41Cl2SiZr-3. The van der Waals surface area contributed by atoms with Crippen LogP contribution in [-0.4, -0.2) is 6.88 Å². The number of halogens is 2. The van der Waals surface area contributed by atoms with Gasteiger partial charge in [-0.2, -0.15) is 36.8 Å². The van der Waals surface area contributed by atoms with Gasteiger partial charge in [-0.15, -0.1) is 80.2 Å². The molecule has 2 radical (unpaired) electrons. The van der Waals surface area contributed by atoms with E-state index < -0.39 is 18.0 Å². The van der Waals surface area contributed by atoms with Gasteiger partial charge in [-0.05, 0) is 32.7 Å². The molecule has 0 heterocycles. The van der Waals surface area contributed by atoms with Crippen LogP contribution in [0.2, 0.25) is 0 Å². The van der Waals surface area contributed by atoms with Crippen LogP contribution in [0.15, 0.2) is 164 Å². The van der Waals surface area contributed by atoms with E-state index in [0.717, 1.165) is 5.56 Å². The maximum atomic E-state index is 5.15. The van der Waals surface area contributed by atoms with Crippen LogP contribution in [0, 0.1) is 34.6 Å². The van der Waals surface area contributed by atoms with Crippen LogP contribution in [0.25, 0.3) is 65.3 Å². The molecule has 4 heteroatoms. The van der Waals surface area contributed by atoms with Crippen LogP contribution in [0.4, 0.5) is 0 Å². The molecule has 0 aliphatic carbocycles. The summed E-state index contributed by atoms with van der Waals surface area (Å²) in [5.74, 6) is 0. The summed E-state index contributed by atoms with van der Waals surface area (Å²) in [4.78, 5) is 0. The number of hydrogen-bond donors (Lipinski definition) is 0. The minimum atomic E-state index is -1.79. The van der Waals surface area contributed by atoms with E-state index in [9.17, 15) is 0 Å². The Morgan fingerprint density at radius 2 is 0.811 bits per heavy atom. The summed E-state index contributed by atoms with van der Waals surface area (Å²) in [5.41, 5.74) is 11.8. The van der Waals surface area contributed by atoms with Crippen LogP contribution in [0.1, 0.15) is 27.8 Å². The van der Waals surface area contributed by atoms with Crippen molar-refractivity contribution in [1.29, 1.82) is 0 Å². The Morgan fingerprint density at radius 1 is 0.453 bits per heavy atom. The van der Waals surface area contributed by atoms with E-state index in [1.165, 1.54) is 87.6 Å². The van der Waals surface area contributed by atoms with E-state index >= 15 is 0 Å². The topological polar surface area (TPSA) is 0 Å². The van der Waals surface area contributed by atoms with Gasteiger partial charge in [-0.1, -0.05) is 142 Å². The van der Waals surface area contributed by atoms with E-state index in [1.54, 1.807) is 0 Å². The fourth-order valence-electron chi connectivity index (χ4n) is 7.05. The number of benzene rings is 7. The number of aryl methyl sites for hydroxylation is 4. The normalized spacial score (nSPS) is 10.6. The molecule has 0 saturated heterocycles. The third-order valence-electron chi connectivity index (χ3n) is 9.50. The Labute approximate surface area is 330 Å². The SMILES string of the molecule is Cc1cc2c(-c3cccc4ccccc34)ccc(C)c2[cH-]1.Cc1cc2c(-c3cccc4ccccc34)ccc(C)c2[cH-]1.[CH2-]c1ccccc1.[Si]=[Zr]([Cl])[Cl]. The first-order chi connectivity index (χ1) is 25.6. The zero-order valence-corrected chi connectivity index (χ0v) is 35.5. The van der Waals surface area contributed by atoms with E-state index in [4.69, 9.17) is 17.0 Å². The van der Waals surface area contributed by atoms with Crippen molar-refractivity contribution < 1.29 is 18.0 Å². The molecule has 0 aliphatic rings. The van der Waals surface area contributed by atoms with Gasteiger partial charge in [0.1, 0.15) is 0 Å². The van der Waals surface area contributed by atoms with Crippen molar-refractivity contribution in [1.82, 2.24) is 0 Å². The minimum absolute atomic E-state index is 1.07. The summed E-state index contributed by atoms with van der Waals surface area (Å²) in [6, 6.07) is 58.4. The standard InChI is InChI=1S/2C21H17.C7H7.2ClH.Si.Zr/c2*1-14-12-20-15(2)10-11-19(21(20)13-14)18-9-5-7-16-6-3-4-8-17(16)18;1-7-5-3-2-4-6-7;;;;/h2*3-13H,1-2H3;2-6H,1H2;2*1H;;/q3*-1;;;;+2/p-2. The molecule has 0 aromatic heterocycles.